The van der Waals surface area contributed by atoms with Crippen LogP contribution in [0.3, 0.4) is 0 Å². The Kier molecular flexibility index (Phi) is 4.26. The molecule has 0 aliphatic carbocycles. The summed E-state index contributed by atoms with van der Waals surface area (Å²) in [6.45, 7) is 4.34. The Morgan fingerprint density at radius 2 is 1.93 bits per heavy atom. The average molecular weight is 196 g/mol. The van der Waals surface area contributed by atoms with Crippen molar-refractivity contribution in [3.8, 4) is 11.5 Å². The van der Waals surface area contributed by atoms with E-state index in [1.54, 1.807) is 0 Å². The van der Waals surface area contributed by atoms with Crippen molar-refractivity contribution >= 4 is 0 Å². The van der Waals surface area contributed by atoms with Gasteiger partial charge in [-0.05, 0) is 26.0 Å². The summed E-state index contributed by atoms with van der Waals surface area (Å²) >= 11 is 0. The molecular weight excluding hydrogens is 180 g/mol. The van der Waals surface area contributed by atoms with E-state index in [-0.39, 0.29) is 12.7 Å². The third-order valence-corrected chi connectivity index (χ3v) is 1.73. The molecule has 1 unspecified atom stereocenters. The molecule has 14 heavy (non-hydrogen) atoms. The van der Waals surface area contributed by atoms with Gasteiger partial charge in [0.05, 0.1) is 13.2 Å². The fourth-order valence-electron chi connectivity index (χ4n) is 1.08. The SMILES string of the molecule is CCOc1ccccc1OC(C)CO. The Balaban J connectivity index is 2.73. The zero-order valence-corrected chi connectivity index (χ0v) is 8.56. The minimum Gasteiger partial charge on any atom is -0.490 e. The van der Waals surface area contributed by atoms with E-state index in [0.717, 1.165) is 5.75 Å². The molecule has 1 N–H and O–H groups in total. The normalized spacial score (nSPS) is 12.2. The Bertz CT molecular complexity index is 273. The van der Waals surface area contributed by atoms with Gasteiger partial charge in [-0.1, -0.05) is 12.1 Å². The van der Waals surface area contributed by atoms with Crippen molar-refractivity contribution in [2.45, 2.75) is 20.0 Å². The average Bonchev–Trinajstić information content (AvgIpc) is 2.21. The molecule has 0 aliphatic heterocycles. The summed E-state index contributed by atoms with van der Waals surface area (Å²) in [6, 6.07) is 7.45. The van der Waals surface area contributed by atoms with E-state index < -0.39 is 0 Å². The van der Waals surface area contributed by atoms with E-state index in [1.165, 1.54) is 0 Å². The van der Waals surface area contributed by atoms with Gasteiger partial charge in [0.15, 0.2) is 11.5 Å². The topological polar surface area (TPSA) is 38.7 Å². The van der Waals surface area contributed by atoms with E-state index >= 15 is 0 Å². The van der Waals surface area contributed by atoms with Gasteiger partial charge in [-0.25, -0.2) is 0 Å². The van der Waals surface area contributed by atoms with Crippen LogP contribution >= 0.6 is 0 Å². The minimum atomic E-state index is -0.211. The smallest absolute Gasteiger partial charge is 0.161 e. The summed E-state index contributed by atoms with van der Waals surface area (Å²) < 4.78 is 10.8. The molecule has 1 atom stereocenters. The van der Waals surface area contributed by atoms with Crippen LogP contribution in [0.4, 0.5) is 0 Å². The Hall–Kier alpha value is -1.22. The monoisotopic (exact) mass is 196 g/mol. The first kappa shape index (κ1) is 10.9. The van der Waals surface area contributed by atoms with Gasteiger partial charge in [0.2, 0.25) is 0 Å². The van der Waals surface area contributed by atoms with Crippen LogP contribution in [0.25, 0.3) is 0 Å². The van der Waals surface area contributed by atoms with E-state index in [0.29, 0.717) is 12.4 Å². The van der Waals surface area contributed by atoms with Gasteiger partial charge < -0.3 is 14.6 Å². The zero-order chi connectivity index (χ0) is 10.4. The highest BCUT2D eigenvalue weighted by atomic mass is 16.5. The van der Waals surface area contributed by atoms with Gasteiger partial charge in [0.1, 0.15) is 6.10 Å². The summed E-state index contributed by atoms with van der Waals surface area (Å²) in [5.41, 5.74) is 0. The van der Waals surface area contributed by atoms with Crippen molar-refractivity contribution in [2.75, 3.05) is 13.2 Å². The highest BCUT2D eigenvalue weighted by Crippen LogP contribution is 2.27. The standard InChI is InChI=1S/C11H16O3/c1-3-13-10-6-4-5-7-11(10)14-9(2)8-12/h4-7,9,12H,3,8H2,1-2H3. The fraction of sp³-hybridized carbons (Fsp3) is 0.455. The molecule has 1 rings (SSSR count). The summed E-state index contributed by atoms with van der Waals surface area (Å²) in [5, 5.41) is 8.85. The van der Waals surface area contributed by atoms with Crippen molar-refractivity contribution in [3.63, 3.8) is 0 Å². The summed E-state index contributed by atoms with van der Waals surface area (Å²) in [7, 11) is 0. The van der Waals surface area contributed by atoms with Crippen molar-refractivity contribution < 1.29 is 14.6 Å². The third-order valence-electron chi connectivity index (χ3n) is 1.73. The highest BCUT2D eigenvalue weighted by Gasteiger charge is 2.06. The number of rotatable bonds is 5. The molecule has 0 fully saturated rings. The molecule has 0 amide bonds. The molecular formula is C11H16O3. The molecule has 0 saturated heterocycles. The maximum absolute atomic E-state index is 8.85. The predicted molar refractivity (Wildman–Crippen MR) is 54.8 cm³/mol. The molecule has 0 spiro atoms. The Morgan fingerprint density at radius 1 is 1.29 bits per heavy atom. The zero-order valence-electron chi connectivity index (χ0n) is 8.56. The molecule has 0 heterocycles. The van der Waals surface area contributed by atoms with Crippen LogP contribution < -0.4 is 9.47 Å². The number of benzene rings is 1. The second-order valence-corrected chi connectivity index (χ2v) is 2.99. The lowest BCUT2D eigenvalue weighted by Crippen LogP contribution is -2.16. The lowest BCUT2D eigenvalue weighted by molar-refractivity contribution is 0.125. The maximum Gasteiger partial charge on any atom is 0.161 e. The van der Waals surface area contributed by atoms with Crippen LogP contribution in [0.2, 0.25) is 0 Å². The van der Waals surface area contributed by atoms with E-state index in [4.69, 9.17) is 14.6 Å². The van der Waals surface area contributed by atoms with Crippen LogP contribution in [0.15, 0.2) is 24.3 Å². The molecule has 0 saturated carbocycles. The number of ether oxygens (including phenoxy) is 2. The molecule has 1 aromatic rings. The molecule has 0 bridgehead atoms. The maximum atomic E-state index is 8.85. The van der Waals surface area contributed by atoms with Crippen LogP contribution in [-0.2, 0) is 0 Å². The van der Waals surface area contributed by atoms with Crippen LogP contribution in [-0.4, -0.2) is 24.4 Å². The fourth-order valence-corrected chi connectivity index (χ4v) is 1.08. The van der Waals surface area contributed by atoms with Gasteiger partial charge in [-0.15, -0.1) is 0 Å². The third kappa shape index (κ3) is 2.92. The second kappa shape index (κ2) is 5.50. The Labute approximate surface area is 84.3 Å². The van der Waals surface area contributed by atoms with E-state index in [2.05, 4.69) is 0 Å². The van der Waals surface area contributed by atoms with Crippen molar-refractivity contribution in [1.82, 2.24) is 0 Å². The van der Waals surface area contributed by atoms with Gasteiger partial charge in [-0.3, -0.25) is 0 Å². The molecule has 0 radical (unpaired) electrons. The molecule has 3 nitrogen and oxygen atoms in total. The molecule has 3 heteroatoms. The number of aliphatic hydroxyl groups is 1. The van der Waals surface area contributed by atoms with Gasteiger partial charge in [0, 0.05) is 0 Å². The highest BCUT2D eigenvalue weighted by molar-refractivity contribution is 5.39. The van der Waals surface area contributed by atoms with Crippen molar-refractivity contribution in [3.05, 3.63) is 24.3 Å². The summed E-state index contributed by atoms with van der Waals surface area (Å²) in [6.07, 6.45) is -0.211. The van der Waals surface area contributed by atoms with Gasteiger partial charge in [-0.2, -0.15) is 0 Å². The minimum absolute atomic E-state index is 0.000456. The number of hydrogen-bond donors (Lipinski definition) is 1. The van der Waals surface area contributed by atoms with Crippen LogP contribution in [0.5, 0.6) is 11.5 Å². The largest absolute Gasteiger partial charge is 0.490 e. The first-order chi connectivity index (χ1) is 6.77. The summed E-state index contributed by atoms with van der Waals surface area (Å²) in [5.74, 6) is 1.39. The molecule has 1 aromatic carbocycles. The first-order valence-corrected chi connectivity index (χ1v) is 4.77. The van der Waals surface area contributed by atoms with Crippen LogP contribution in [0, 0.1) is 0 Å². The Morgan fingerprint density at radius 3 is 2.50 bits per heavy atom. The molecule has 78 valence electrons. The predicted octanol–water partition coefficient (Wildman–Crippen LogP) is 1.84. The molecule has 0 aromatic heterocycles. The lowest BCUT2D eigenvalue weighted by atomic mass is 10.3. The first-order valence-electron chi connectivity index (χ1n) is 4.77. The van der Waals surface area contributed by atoms with E-state index in [1.807, 2.05) is 38.1 Å². The molecule has 0 aliphatic rings. The van der Waals surface area contributed by atoms with E-state index in [9.17, 15) is 0 Å². The van der Waals surface area contributed by atoms with Gasteiger partial charge >= 0.3 is 0 Å². The second-order valence-electron chi connectivity index (χ2n) is 2.99. The van der Waals surface area contributed by atoms with Crippen molar-refractivity contribution in [2.24, 2.45) is 0 Å². The lowest BCUT2D eigenvalue weighted by Gasteiger charge is -2.15. The number of para-hydroxylation sites is 2. The number of aliphatic hydroxyl groups excluding tert-OH is 1. The number of hydrogen-bond acceptors (Lipinski definition) is 3. The van der Waals surface area contributed by atoms with Crippen molar-refractivity contribution in [1.29, 1.82) is 0 Å². The van der Waals surface area contributed by atoms with Crippen LogP contribution in [0.1, 0.15) is 13.8 Å². The summed E-state index contributed by atoms with van der Waals surface area (Å²) in [4.78, 5) is 0. The quantitative estimate of drug-likeness (QED) is 0.781. The van der Waals surface area contributed by atoms with Gasteiger partial charge in [0.25, 0.3) is 0 Å².